The number of amides is 1. The van der Waals surface area contributed by atoms with Crippen LogP contribution >= 0.6 is 0 Å². The number of para-hydroxylation sites is 1. The topological polar surface area (TPSA) is 87.5 Å². The van der Waals surface area contributed by atoms with Gasteiger partial charge < -0.3 is 15.5 Å². The second kappa shape index (κ2) is 6.85. The second-order valence-corrected chi connectivity index (χ2v) is 4.85. The van der Waals surface area contributed by atoms with Gasteiger partial charge in [0.2, 0.25) is 0 Å². The molecule has 1 aromatic carbocycles. The maximum absolute atomic E-state index is 12.2. The average Bonchev–Trinajstić information content (AvgIpc) is 2.36. The Morgan fingerprint density at radius 1 is 1.45 bits per heavy atom. The van der Waals surface area contributed by atoms with Gasteiger partial charge >= 0.3 is 5.69 Å². The largest absolute Gasteiger partial charge is 0.383 e. The number of nitrogens with zero attached hydrogens (tertiary/aromatic N) is 2. The number of hydrogen-bond acceptors (Lipinski definition) is 5. The molecule has 7 nitrogen and oxygen atoms in total. The molecule has 0 spiro atoms. The van der Waals surface area contributed by atoms with Crippen LogP contribution in [0.5, 0.6) is 0 Å². The SMILES string of the molecule is CNc1cccc(C(=O)NC(C)CN(C)C)c1[N+](=O)[O-]. The second-order valence-electron chi connectivity index (χ2n) is 4.85. The normalized spacial score (nSPS) is 12.1. The summed E-state index contributed by atoms with van der Waals surface area (Å²) < 4.78 is 0. The highest BCUT2D eigenvalue weighted by molar-refractivity contribution is 6.00. The van der Waals surface area contributed by atoms with E-state index in [9.17, 15) is 14.9 Å². The third-order valence-corrected chi connectivity index (χ3v) is 2.75. The molecule has 2 N–H and O–H groups in total. The van der Waals surface area contributed by atoms with E-state index < -0.39 is 10.8 Å². The number of carbonyl (C=O) groups is 1. The standard InChI is InChI=1S/C13H20N4O3/c1-9(8-16(3)4)15-13(18)10-6-5-7-11(14-2)12(10)17(19)20/h5-7,9,14H,8H2,1-4H3,(H,15,18). The van der Waals surface area contributed by atoms with Gasteiger partial charge in [-0.3, -0.25) is 14.9 Å². The van der Waals surface area contributed by atoms with Crippen molar-refractivity contribution in [2.45, 2.75) is 13.0 Å². The van der Waals surface area contributed by atoms with Crippen molar-refractivity contribution in [3.05, 3.63) is 33.9 Å². The zero-order chi connectivity index (χ0) is 15.3. The Morgan fingerprint density at radius 2 is 2.10 bits per heavy atom. The van der Waals surface area contributed by atoms with E-state index in [2.05, 4.69) is 10.6 Å². The van der Waals surface area contributed by atoms with E-state index in [4.69, 9.17) is 0 Å². The molecule has 1 amide bonds. The smallest absolute Gasteiger partial charge is 0.305 e. The van der Waals surface area contributed by atoms with E-state index >= 15 is 0 Å². The maximum atomic E-state index is 12.2. The first-order valence-corrected chi connectivity index (χ1v) is 6.27. The number of nitrogens with one attached hydrogen (secondary N) is 2. The molecule has 0 saturated heterocycles. The van der Waals surface area contributed by atoms with Gasteiger partial charge in [0.05, 0.1) is 4.92 Å². The summed E-state index contributed by atoms with van der Waals surface area (Å²) in [5.74, 6) is -0.442. The lowest BCUT2D eigenvalue weighted by molar-refractivity contribution is -0.384. The fraction of sp³-hybridized carbons (Fsp3) is 0.462. The van der Waals surface area contributed by atoms with E-state index in [1.807, 2.05) is 25.9 Å². The highest BCUT2D eigenvalue weighted by Crippen LogP contribution is 2.28. The maximum Gasteiger partial charge on any atom is 0.305 e. The summed E-state index contributed by atoms with van der Waals surface area (Å²) in [5, 5.41) is 16.6. The lowest BCUT2D eigenvalue weighted by atomic mass is 10.1. The molecule has 1 atom stereocenters. The number of hydrogen-bond donors (Lipinski definition) is 2. The number of benzene rings is 1. The molecule has 0 saturated carbocycles. The first-order valence-electron chi connectivity index (χ1n) is 6.27. The van der Waals surface area contributed by atoms with E-state index in [-0.39, 0.29) is 17.3 Å². The van der Waals surface area contributed by atoms with Gasteiger partial charge in [0.1, 0.15) is 11.3 Å². The molecule has 0 radical (unpaired) electrons. The summed E-state index contributed by atoms with van der Waals surface area (Å²) in [7, 11) is 5.37. The molecule has 1 aromatic rings. The van der Waals surface area contributed by atoms with Crippen LogP contribution in [-0.4, -0.2) is 49.5 Å². The van der Waals surface area contributed by atoms with Crippen LogP contribution in [0.15, 0.2) is 18.2 Å². The van der Waals surface area contributed by atoms with E-state index in [0.717, 1.165) is 0 Å². The van der Waals surface area contributed by atoms with Crippen LogP contribution in [0.1, 0.15) is 17.3 Å². The van der Waals surface area contributed by atoms with Crippen LogP contribution in [-0.2, 0) is 0 Å². The molecule has 0 aromatic heterocycles. The van der Waals surface area contributed by atoms with Gasteiger partial charge in [0, 0.05) is 19.6 Å². The molecule has 0 aliphatic carbocycles. The molecule has 0 bridgehead atoms. The minimum atomic E-state index is -0.544. The molecule has 0 aliphatic heterocycles. The summed E-state index contributed by atoms with van der Waals surface area (Å²) in [6.07, 6.45) is 0. The van der Waals surface area contributed by atoms with Crippen molar-refractivity contribution >= 4 is 17.3 Å². The Kier molecular flexibility index (Phi) is 5.45. The molecule has 1 rings (SSSR count). The quantitative estimate of drug-likeness (QED) is 0.606. The molecule has 7 heteroatoms. The highest BCUT2D eigenvalue weighted by atomic mass is 16.6. The van der Waals surface area contributed by atoms with Crippen molar-refractivity contribution in [1.82, 2.24) is 10.2 Å². The lowest BCUT2D eigenvalue weighted by Gasteiger charge is -2.18. The minimum Gasteiger partial charge on any atom is -0.383 e. The molecular weight excluding hydrogens is 260 g/mol. The van der Waals surface area contributed by atoms with E-state index in [1.165, 1.54) is 6.07 Å². The van der Waals surface area contributed by atoms with Gasteiger partial charge in [0.25, 0.3) is 5.91 Å². The van der Waals surface area contributed by atoms with Crippen LogP contribution in [0.2, 0.25) is 0 Å². The van der Waals surface area contributed by atoms with E-state index in [0.29, 0.717) is 12.2 Å². The number of carbonyl (C=O) groups excluding carboxylic acids is 1. The third-order valence-electron chi connectivity index (χ3n) is 2.75. The summed E-state index contributed by atoms with van der Waals surface area (Å²) in [4.78, 5) is 24.7. The van der Waals surface area contributed by atoms with Crippen LogP contribution in [0.3, 0.4) is 0 Å². The van der Waals surface area contributed by atoms with Crippen LogP contribution in [0.4, 0.5) is 11.4 Å². The number of rotatable bonds is 6. The summed E-state index contributed by atoms with van der Waals surface area (Å²) in [6, 6.07) is 4.54. The fourth-order valence-corrected chi connectivity index (χ4v) is 2.02. The number of likely N-dealkylation sites (N-methyl/N-ethyl adjacent to an activating group) is 1. The van der Waals surface area contributed by atoms with Crippen LogP contribution in [0.25, 0.3) is 0 Å². The van der Waals surface area contributed by atoms with Crippen molar-refractivity contribution in [3.8, 4) is 0 Å². The predicted octanol–water partition coefficient (Wildman–Crippen LogP) is 1.32. The van der Waals surface area contributed by atoms with Gasteiger partial charge in [-0.1, -0.05) is 6.07 Å². The van der Waals surface area contributed by atoms with Gasteiger partial charge in [0.15, 0.2) is 0 Å². The Hall–Kier alpha value is -2.15. The van der Waals surface area contributed by atoms with Crippen molar-refractivity contribution in [3.63, 3.8) is 0 Å². The molecule has 0 fully saturated rings. The molecule has 0 aliphatic rings. The average molecular weight is 280 g/mol. The molecule has 110 valence electrons. The Labute approximate surface area is 118 Å². The van der Waals surface area contributed by atoms with E-state index in [1.54, 1.807) is 19.2 Å². The summed E-state index contributed by atoms with van der Waals surface area (Å²) in [5.41, 5.74) is 0.180. The molecule has 1 unspecified atom stereocenters. The van der Waals surface area contributed by atoms with Crippen LogP contribution < -0.4 is 10.6 Å². The minimum absolute atomic E-state index is 0.0625. The van der Waals surface area contributed by atoms with Gasteiger partial charge in [-0.25, -0.2) is 0 Å². The van der Waals surface area contributed by atoms with Crippen molar-refractivity contribution < 1.29 is 9.72 Å². The van der Waals surface area contributed by atoms with Crippen molar-refractivity contribution in [2.75, 3.05) is 33.0 Å². The Bertz CT molecular complexity index is 502. The van der Waals surface area contributed by atoms with Crippen molar-refractivity contribution in [2.24, 2.45) is 0 Å². The Morgan fingerprint density at radius 3 is 2.60 bits per heavy atom. The lowest BCUT2D eigenvalue weighted by Crippen LogP contribution is -2.39. The first kappa shape index (κ1) is 15.9. The predicted molar refractivity (Wildman–Crippen MR) is 78.1 cm³/mol. The molecule has 20 heavy (non-hydrogen) atoms. The zero-order valence-electron chi connectivity index (χ0n) is 12.1. The van der Waals surface area contributed by atoms with Gasteiger partial charge in [-0.15, -0.1) is 0 Å². The monoisotopic (exact) mass is 280 g/mol. The van der Waals surface area contributed by atoms with Crippen molar-refractivity contribution in [1.29, 1.82) is 0 Å². The molecule has 0 heterocycles. The number of nitro benzene ring substituents is 1. The van der Waals surface area contributed by atoms with Gasteiger partial charge in [-0.2, -0.15) is 0 Å². The first-order chi connectivity index (χ1) is 9.36. The summed E-state index contributed by atoms with van der Waals surface area (Å²) in [6.45, 7) is 2.51. The number of anilines is 1. The number of nitro groups is 1. The molecular formula is C13H20N4O3. The third kappa shape index (κ3) is 3.92. The Balaban J connectivity index is 3.01. The highest BCUT2D eigenvalue weighted by Gasteiger charge is 2.24. The fourth-order valence-electron chi connectivity index (χ4n) is 2.02. The van der Waals surface area contributed by atoms with Gasteiger partial charge in [-0.05, 0) is 33.2 Å². The van der Waals surface area contributed by atoms with Crippen LogP contribution in [0, 0.1) is 10.1 Å². The summed E-state index contributed by atoms with van der Waals surface area (Å²) >= 11 is 0. The zero-order valence-corrected chi connectivity index (χ0v) is 12.1.